The minimum absolute atomic E-state index is 0.351. The van der Waals surface area contributed by atoms with E-state index in [1.165, 1.54) is 7.11 Å². The Morgan fingerprint density at radius 1 is 1.00 bits per heavy atom. The maximum absolute atomic E-state index is 11.7. The van der Waals surface area contributed by atoms with Crippen LogP contribution in [0.15, 0.2) is 72.8 Å². The zero-order chi connectivity index (χ0) is 18.8. The Kier molecular flexibility index (Phi) is 4.65. The van der Waals surface area contributed by atoms with Gasteiger partial charge in [0.05, 0.1) is 23.7 Å². The van der Waals surface area contributed by atoms with Gasteiger partial charge >= 0.3 is 5.97 Å². The third kappa shape index (κ3) is 3.44. The molecule has 0 unspecified atom stereocenters. The van der Waals surface area contributed by atoms with Crippen molar-refractivity contribution in [3.05, 3.63) is 88.9 Å². The van der Waals surface area contributed by atoms with Crippen LogP contribution in [0.3, 0.4) is 0 Å². The summed E-state index contributed by atoms with van der Waals surface area (Å²) in [4.78, 5) is 16.5. The second-order valence-corrected chi connectivity index (χ2v) is 6.64. The van der Waals surface area contributed by atoms with Crippen LogP contribution in [0.4, 0.5) is 0 Å². The highest BCUT2D eigenvalue weighted by Crippen LogP contribution is 2.26. The topological polar surface area (TPSA) is 44.1 Å². The van der Waals surface area contributed by atoms with Crippen LogP contribution in [0.2, 0.25) is 5.02 Å². The van der Waals surface area contributed by atoms with Gasteiger partial charge in [0.2, 0.25) is 0 Å². The van der Waals surface area contributed by atoms with Crippen LogP contribution >= 0.6 is 11.6 Å². The first-order valence-electron chi connectivity index (χ1n) is 8.54. The average Bonchev–Trinajstić information content (AvgIpc) is 3.08. The zero-order valence-electron chi connectivity index (χ0n) is 14.7. The number of ether oxygens (including phenoxy) is 1. The second-order valence-electron chi connectivity index (χ2n) is 6.21. The Bertz CT molecular complexity index is 1100. The summed E-state index contributed by atoms with van der Waals surface area (Å²) >= 11 is 6.01. The minimum Gasteiger partial charge on any atom is -0.465 e. The summed E-state index contributed by atoms with van der Waals surface area (Å²) < 4.78 is 6.94. The predicted molar refractivity (Wildman–Crippen MR) is 107 cm³/mol. The lowest BCUT2D eigenvalue weighted by Crippen LogP contribution is -2.03. The van der Waals surface area contributed by atoms with E-state index in [2.05, 4.69) is 10.6 Å². The molecule has 4 nitrogen and oxygen atoms in total. The molecule has 0 aliphatic heterocycles. The molecule has 0 spiro atoms. The van der Waals surface area contributed by atoms with E-state index in [4.69, 9.17) is 21.3 Å². The van der Waals surface area contributed by atoms with Gasteiger partial charge in [0.15, 0.2) is 0 Å². The summed E-state index contributed by atoms with van der Waals surface area (Å²) in [6.45, 7) is 0.672. The molecule has 0 aliphatic rings. The molecule has 0 amide bonds. The number of imidazole rings is 1. The summed E-state index contributed by atoms with van der Waals surface area (Å²) in [6, 6.07) is 23.2. The molecule has 4 aromatic rings. The van der Waals surface area contributed by atoms with Gasteiger partial charge in [-0.15, -0.1) is 0 Å². The van der Waals surface area contributed by atoms with E-state index in [-0.39, 0.29) is 5.97 Å². The van der Waals surface area contributed by atoms with Gasteiger partial charge in [0, 0.05) is 17.1 Å². The zero-order valence-corrected chi connectivity index (χ0v) is 15.5. The molecular formula is C22H17ClN2O2. The molecule has 134 valence electrons. The van der Waals surface area contributed by atoms with Crippen LogP contribution < -0.4 is 0 Å². The summed E-state index contributed by atoms with van der Waals surface area (Å²) in [5, 5.41) is 0.716. The van der Waals surface area contributed by atoms with Crippen molar-refractivity contribution in [1.82, 2.24) is 9.55 Å². The van der Waals surface area contributed by atoms with E-state index < -0.39 is 0 Å². The van der Waals surface area contributed by atoms with E-state index in [0.29, 0.717) is 17.1 Å². The highest BCUT2D eigenvalue weighted by atomic mass is 35.5. The van der Waals surface area contributed by atoms with Crippen molar-refractivity contribution in [1.29, 1.82) is 0 Å². The molecule has 0 aliphatic carbocycles. The van der Waals surface area contributed by atoms with Crippen molar-refractivity contribution in [3.63, 3.8) is 0 Å². The fraction of sp³-hybridized carbons (Fsp3) is 0.0909. The number of methoxy groups -OCH3 is 1. The van der Waals surface area contributed by atoms with Crippen molar-refractivity contribution in [2.45, 2.75) is 6.54 Å². The van der Waals surface area contributed by atoms with E-state index in [1.54, 1.807) is 12.1 Å². The molecule has 0 bridgehead atoms. The number of halogens is 1. The molecule has 0 saturated carbocycles. The number of fused-ring (bicyclic) bond motifs is 1. The van der Waals surface area contributed by atoms with Gasteiger partial charge in [-0.25, -0.2) is 9.78 Å². The van der Waals surface area contributed by atoms with E-state index in [9.17, 15) is 4.79 Å². The molecule has 5 heteroatoms. The maximum atomic E-state index is 11.7. The summed E-state index contributed by atoms with van der Waals surface area (Å²) in [6.07, 6.45) is 0. The summed E-state index contributed by atoms with van der Waals surface area (Å²) in [7, 11) is 1.38. The number of aromatic nitrogens is 2. The first-order chi connectivity index (χ1) is 13.2. The quantitative estimate of drug-likeness (QED) is 0.460. The van der Waals surface area contributed by atoms with E-state index >= 15 is 0 Å². The molecule has 0 radical (unpaired) electrons. The van der Waals surface area contributed by atoms with Crippen molar-refractivity contribution in [3.8, 4) is 11.4 Å². The largest absolute Gasteiger partial charge is 0.465 e. The number of benzene rings is 3. The van der Waals surface area contributed by atoms with Crippen molar-refractivity contribution < 1.29 is 9.53 Å². The van der Waals surface area contributed by atoms with Crippen molar-refractivity contribution in [2.24, 2.45) is 0 Å². The number of carbonyl (C=O) groups excluding carboxylic acids is 1. The number of para-hydroxylation sites is 2. The Labute approximate surface area is 162 Å². The van der Waals surface area contributed by atoms with Gasteiger partial charge in [0.1, 0.15) is 5.82 Å². The van der Waals surface area contributed by atoms with Crippen molar-refractivity contribution >= 4 is 28.6 Å². The minimum atomic E-state index is -0.351. The highest BCUT2D eigenvalue weighted by molar-refractivity contribution is 6.30. The van der Waals surface area contributed by atoms with Crippen LogP contribution in [0.25, 0.3) is 22.4 Å². The van der Waals surface area contributed by atoms with Crippen molar-refractivity contribution in [2.75, 3.05) is 7.11 Å². The summed E-state index contributed by atoms with van der Waals surface area (Å²) in [5.41, 5.74) is 4.57. The van der Waals surface area contributed by atoms with Gasteiger partial charge in [-0.05, 0) is 42.0 Å². The van der Waals surface area contributed by atoms with Crippen LogP contribution in [-0.2, 0) is 11.3 Å². The molecule has 4 rings (SSSR count). The van der Waals surface area contributed by atoms with Crippen LogP contribution in [0.5, 0.6) is 0 Å². The first-order valence-corrected chi connectivity index (χ1v) is 8.92. The van der Waals surface area contributed by atoms with E-state index in [1.807, 2.05) is 54.6 Å². The smallest absolute Gasteiger partial charge is 0.337 e. The highest BCUT2D eigenvalue weighted by Gasteiger charge is 2.14. The number of esters is 1. The average molecular weight is 377 g/mol. The first kappa shape index (κ1) is 17.3. The molecular weight excluding hydrogens is 360 g/mol. The number of carbonyl (C=O) groups is 1. The van der Waals surface area contributed by atoms with Gasteiger partial charge in [0.25, 0.3) is 0 Å². The standard InChI is InChI=1S/C22H17ClN2O2/c1-27-22(26)17-10-8-16(9-11-17)21-24-19-4-2-3-5-20(19)25(21)14-15-6-12-18(23)13-7-15/h2-13H,14H2,1H3. The third-order valence-corrected chi connectivity index (χ3v) is 4.72. The molecule has 3 aromatic carbocycles. The lowest BCUT2D eigenvalue weighted by Gasteiger charge is -2.10. The maximum Gasteiger partial charge on any atom is 0.337 e. The molecule has 0 N–H and O–H groups in total. The van der Waals surface area contributed by atoms with Gasteiger partial charge in [-0.3, -0.25) is 0 Å². The normalized spacial score (nSPS) is 10.9. The van der Waals surface area contributed by atoms with Gasteiger partial charge in [-0.1, -0.05) is 48.0 Å². The third-order valence-electron chi connectivity index (χ3n) is 4.47. The lowest BCUT2D eigenvalue weighted by atomic mass is 10.1. The fourth-order valence-electron chi connectivity index (χ4n) is 3.10. The van der Waals surface area contributed by atoms with Crippen LogP contribution in [0, 0.1) is 0 Å². The monoisotopic (exact) mass is 376 g/mol. The number of hydrogen-bond acceptors (Lipinski definition) is 3. The molecule has 1 heterocycles. The van der Waals surface area contributed by atoms with Gasteiger partial charge in [-0.2, -0.15) is 0 Å². The number of rotatable bonds is 4. The molecule has 0 saturated heterocycles. The molecule has 1 aromatic heterocycles. The van der Waals surface area contributed by atoms with Gasteiger partial charge < -0.3 is 9.30 Å². The molecule has 27 heavy (non-hydrogen) atoms. The number of hydrogen-bond donors (Lipinski definition) is 0. The Balaban J connectivity index is 1.80. The van der Waals surface area contributed by atoms with Crippen LogP contribution in [-0.4, -0.2) is 22.6 Å². The van der Waals surface area contributed by atoms with Crippen LogP contribution in [0.1, 0.15) is 15.9 Å². The second kappa shape index (κ2) is 7.25. The molecule has 0 fully saturated rings. The predicted octanol–water partition coefficient (Wildman–Crippen LogP) is 5.19. The summed E-state index contributed by atoms with van der Waals surface area (Å²) in [5.74, 6) is 0.499. The lowest BCUT2D eigenvalue weighted by molar-refractivity contribution is 0.0601. The Morgan fingerprint density at radius 3 is 2.41 bits per heavy atom. The van der Waals surface area contributed by atoms with E-state index in [0.717, 1.165) is 28.0 Å². The number of nitrogens with zero attached hydrogens (tertiary/aromatic N) is 2. The molecule has 0 atom stereocenters. The fourth-order valence-corrected chi connectivity index (χ4v) is 3.23. The Hall–Kier alpha value is -3.11. The SMILES string of the molecule is COC(=O)c1ccc(-c2nc3ccccc3n2Cc2ccc(Cl)cc2)cc1. The Morgan fingerprint density at radius 2 is 1.70 bits per heavy atom.